The quantitative estimate of drug-likeness (QED) is 0.273. The molecule has 2 aliphatic rings. The maximum Gasteiger partial charge on any atom is 0.157 e. The van der Waals surface area contributed by atoms with Crippen LogP contribution in [0.2, 0.25) is 0 Å². The third kappa shape index (κ3) is 5.38. The summed E-state index contributed by atoms with van der Waals surface area (Å²) in [5.41, 5.74) is 7.65. The zero-order valence-electron chi connectivity index (χ0n) is 20.3. The van der Waals surface area contributed by atoms with Crippen molar-refractivity contribution in [2.75, 3.05) is 20.3 Å². The fourth-order valence-corrected chi connectivity index (χ4v) is 5.64. The van der Waals surface area contributed by atoms with Gasteiger partial charge in [0.2, 0.25) is 0 Å². The van der Waals surface area contributed by atoms with Gasteiger partial charge in [-0.1, -0.05) is 55.7 Å². The van der Waals surface area contributed by atoms with Crippen molar-refractivity contribution in [2.24, 2.45) is 0 Å². The molecule has 0 bridgehead atoms. The molecule has 1 unspecified atom stereocenters. The average molecular weight is 464 g/mol. The van der Waals surface area contributed by atoms with E-state index in [4.69, 9.17) is 19.2 Å². The van der Waals surface area contributed by atoms with E-state index in [9.17, 15) is 0 Å². The van der Waals surface area contributed by atoms with E-state index >= 15 is 0 Å². The molecule has 0 radical (unpaired) electrons. The van der Waals surface area contributed by atoms with Crippen LogP contribution in [0.15, 0.2) is 42.5 Å². The summed E-state index contributed by atoms with van der Waals surface area (Å²) in [5, 5.41) is 1.34. The van der Waals surface area contributed by atoms with Gasteiger partial charge in [-0.05, 0) is 67.2 Å². The summed E-state index contributed by atoms with van der Waals surface area (Å²) in [6.45, 7) is 1.94. The number of aromatic amines is 1. The van der Waals surface area contributed by atoms with Gasteiger partial charge in [0.05, 0.1) is 19.4 Å². The molecular weight excluding hydrogens is 426 g/mol. The first-order chi connectivity index (χ1) is 16.8. The van der Waals surface area contributed by atoms with Crippen molar-refractivity contribution in [3.63, 3.8) is 0 Å². The highest BCUT2D eigenvalue weighted by atomic mass is 17.2. The van der Waals surface area contributed by atoms with E-state index in [1.165, 1.54) is 71.8 Å². The van der Waals surface area contributed by atoms with Gasteiger partial charge in [0, 0.05) is 23.1 Å². The number of nitrogens with one attached hydrogen (secondary N) is 1. The molecule has 1 aliphatic heterocycles. The zero-order chi connectivity index (χ0) is 23.2. The molecule has 1 aliphatic carbocycles. The highest BCUT2D eigenvalue weighted by molar-refractivity contribution is 5.92. The van der Waals surface area contributed by atoms with E-state index in [2.05, 4.69) is 47.4 Å². The van der Waals surface area contributed by atoms with Crippen molar-refractivity contribution < 1.29 is 19.2 Å². The Bertz CT molecular complexity index is 1060. The fourth-order valence-electron chi connectivity index (χ4n) is 5.64. The number of rotatable bonds is 9. The summed E-state index contributed by atoms with van der Waals surface area (Å²) in [7, 11) is 1.55. The molecule has 5 nitrogen and oxygen atoms in total. The summed E-state index contributed by atoms with van der Waals surface area (Å²) in [6, 6.07) is 15.4. The van der Waals surface area contributed by atoms with Gasteiger partial charge in [-0.15, -0.1) is 0 Å². The minimum absolute atomic E-state index is 0.0421. The lowest BCUT2D eigenvalue weighted by molar-refractivity contribution is -0.282. The molecule has 1 atom stereocenters. The van der Waals surface area contributed by atoms with Gasteiger partial charge >= 0.3 is 0 Å². The number of ether oxygens (including phenoxy) is 2. The number of hydrogen-bond acceptors (Lipinski definition) is 4. The molecule has 2 aromatic carbocycles. The van der Waals surface area contributed by atoms with Crippen molar-refractivity contribution >= 4 is 10.9 Å². The second-order valence-electron chi connectivity index (χ2n) is 9.63. The average Bonchev–Trinajstić information content (AvgIpc) is 3.27. The van der Waals surface area contributed by atoms with Crippen molar-refractivity contribution in [1.29, 1.82) is 0 Å². The normalized spacial score (nSPS) is 19.6. The Hall–Kier alpha value is -2.18. The van der Waals surface area contributed by atoms with Crippen molar-refractivity contribution in [1.82, 2.24) is 4.98 Å². The zero-order valence-corrected chi connectivity index (χ0v) is 20.3. The Balaban J connectivity index is 1.46. The Morgan fingerprint density at radius 3 is 2.65 bits per heavy atom. The number of H-pyrrole nitrogens is 1. The lowest BCUT2D eigenvalue weighted by atomic mass is 9.81. The second kappa shape index (κ2) is 11.5. The van der Waals surface area contributed by atoms with Crippen LogP contribution in [0.5, 0.6) is 0 Å². The summed E-state index contributed by atoms with van der Waals surface area (Å²) >= 11 is 0. The van der Waals surface area contributed by atoms with Crippen LogP contribution in [-0.4, -0.2) is 31.6 Å². The molecule has 34 heavy (non-hydrogen) atoms. The third-order valence-corrected chi connectivity index (χ3v) is 7.36. The monoisotopic (exact) mass is 463 g/mol. The van der Waals surface area contributed by atoms with E-state index in [0.29, 0.717) is 19.1 Å². The molecule has 182 valence electrons. The lowest BCUT2D eigenvalue weighted by Crippen LogP contribution is -2.23. The van der Waals surface area contributed by atoms with Gasteiger partial charge < -0.3 is 14.5 Å². The second-order valence-corrected chi connectivity index (χ2v) is 9.63. The minimum atomic E-state index is -0.0421. The van der Waals surface area contributed by atoms with Gasteiger partial charge in [0.25, 0.3) is 0 Å². The van der Waals surface area contributed by atoms with Crippen LogP contribution >= 0.6 is 0 Å². The molecule has 2 fully saturated rings. The minimum Gasteiger partial charge on any atom is -0.354 e. The molecule has 1 aromatic heterocycles. The van der Waals surface area contributed by atoms with E-state index < -0.39 is 0 Å². The van der Waals surface area contributed by atoms with Crippen LogP contribution in [-0.2, 0) is 32.3 Å². The SMILES string of the molecule is COOCc1ccc2c(C3CCCCC3)c(-c3ccccc3CCOC3CCCCO3)[nH]c2c1. The van der Waals surface area contributed by atoms with Gasteiger partial charge in [0.1, 0.15) is 6.61 Å². The maximum atomic E-state index is 6.08. The molecule has 5 heteroatoms. The van der Waals surface area contributed by atoms with Crippen LogP contribution in [0.25, 0.3) is 22.2 Å². The molecule has 2 heterocycles. The topological polar surface area (TPSA) is 52.7 Å². The molecule has 1 N–H and O–H groups in total. The lowest BCUT2D eigenvalue weighted by Gasteiger charge is -2.24. The maximum absolute atomic E-state index is 6.08. The Morgan fingerprint density at radius 2 is 1.82 bits per heavy atom. The smallest absolute Gasteiger partial charge is 0.157 e. The molecule has 3 aromatic rings. The summed E-state index contributed by atoms with van der Waals surface area (Å²) in [4.78, 5) is 13.8. The van der Waals surface area contributed by atoms with Gasteiger partial charge in [-0.2, -0.15) is 0 Å². The third-order valence-electron chi connectivity index (χ3n) is 7.36. The molecule has 1 saturated carbocycles. The van der Waals surface area contributed by atoms with Crippen LogP contribution in [0.1, 0.15) is 74.0 Å². The summed E-state index contributed by atoms with van der Waals surface area (Å²) < 4.78 is 11.8. The van der Waals surface area contributed by atoms with Crippen molar-refractivity contribution in [3.8, 4) is 11.3 Å². The summed E-state index contributed by atoms with van der Waals surface area (Å²) in [6.07, 6.45) is 10.7. The van der Waals surface area contributed by atoms with Crippen LogP contribution in [0.4, 0.5) is 0 Å². The summed E-state index contributed by atoms with van der Waals surface area (Å²) in [5.74, 6) is 0.596. The van der Waals surface area contributed by atoms with E-state index in [-0.39, 0.29) is 6.29 Å². The van der Waals surface area contributed by atoms with Gasteiger partial charge in [-0.3, -0.25) is 0 Å². The number of fused-ring (bicyclic) bond motifs is 1. The van der Waals surface area contributed by atoms with Crippen LogP contribution in [0.3, 0.4) is 0 Å². The number of hydrogen-bond donors (Lipinski definition) is 1. The van der Waals surface area contributed by atoms with E-state index in [1.54, 1.807) is 7.11 Å². The standard InChI is InChI=1S/C29H37NO4/c1-31-34-20-21-14-15-25-26(19-21)30-29(28(25)23-10-3-2-4-11-23)24-12-6-5-9-22(24)16-18-33-27-13-7-8-17-32-27/h5-6,9,12,14-15,19,23,27,30H,2-4,7-8,10-11,13,16-18,20H2,1H3. The highest BCUT2D eigenvalue weighted by Gasteiger charge is 2.25. The largest absolute Gasteiger partial charge is 0.354 e. The molecular formula is C29H37NO4. The Labute approximate surface area is 202 Å². The van der Waals surface area contributed by atoms with E-state index in [0.717, 1.165) is 31.4 Å². The van der Waals surface area contributed by atoms with Crippen LogP contribution in [0, 0.1) is 0 Å². The first-order valence-electron chi connectivity index (χ1n) is 12.9. The van der Waals surface area contributed by atoms with Gasteiger partial charge in [-0.25, -0.2) is 9.78 Å². The predicted molar refractivity (Wildman–Crippen MR) is 135 cm³/mol. The predicted octanol–water partition coefficient (Wildman–Crippen LogP) is 7.05. The number of aromatic nitrogens is 1. The van der Waals surface area contributed by atoms with E-state index in [1.807, 2.05) is 0 Å². The molecule has 0 amide bonds. The molecule has 1 saturated heterocycles. The fraction of sp³-hybridized carbons (Fsp3) is 0.517. The first-order valence-corrected chi connectivity index (χ1v) is 12.9. The Kier molecular flexibility index (Phi) is 7.97. The highest BCUT2D eigenvalue weighted by Crippen LogP contribution is 2.43. The van der Waals surface area contributed by atoms with Crippen molar-refractivity contribution in [3.05, 3.63) is 59.2 Å². The van der Waals surface area contributed by atoms with Crippen molar-refractivity contribution in [2.45, 2.75) is 76.6 Å². The van der Waals surface area contributed by atoms with Crippen LogP contribution < -0.4 is 0 Å². The van der Waals surface area contributed by atoms with Gasteiger partial charge in [0.15, 0.2) is 6.29 Å². The molecule has 5 rings (SSSR count). The molecule has 0 spiro atoms. The number of benzene rings is 2. The Morgan fingerprint density at radius 1 is 0.971 bits per heavy atom. The first kappa shape index (κ1) is 23.6.